The Hall–Kier alpha value is 0.770. The third-order valence-corrected chi connectivity index (χ3v) is 5.34. The predicted octanol–water partition coefficient (Wildman–Crippen LogP) is 2.96. The van der Waals surface area contributed by atoms with Gasteiger partial charge in [0.1, 0.15) is 5.62 Å². The van der Waals surface area contributed by atoms with E-state index >= 15 is 0 Å². The minimum atomic E-state index is -2.71. The second-order valence-electron chi connectivity index (χ2n) is 1.87. The molecule has 0 saturated carbocycles. The van der Waals surface area contributed by atoms with Gasteiger partial charge in [0.05, 0.1) is 0 Å². The molecule has 0 heterocycles. The van der Waals surface area contributed by atoms with Crippen LogP contribution in [0.25, 0.3) is 0 Å². The molecule has 5 heteroatoms. The first-order valence-electron chi connectivity index (χ1n) is 3.18. The van der Waals surface area contributed by atoms with E-state index in [1.165, 1.54) is 0 Å². The van der Waals surface area contributed by atoms with Gasteiger partial charge in [0.25, 0.3) is 0 Å². The second-order valence-corrected chi connectivity index (χ2v) is 6.21. The molecule has 62 valence electrons. The number of hydrogen-bond acceptors (Lipinski definition) is 1. The van der Waals surface area contributed by atoms with E-state index in [0.29, 0.717) is 13.1 Å². The standard InChI is InChI=1S/C5H12Cl2NOP/c1-3-8(4-2)10(7,9)5-6/h3-5H2,1-2H3. The summed E-state index contributed by atoms with van der Waals surface area (Å²) >= 11 is 11.0. The first-order valence-corrected chi connectivity index (χ1v) is 6.47. The first kappa shape index (κ1) is 10.8. The van der Waals surface area contributed by atoms with E-state index in [2.05, 4.69) is 0 Å². The average Bonchev–Trinajstić information content (AvgIpc) is 1.90. The fraction of sp³-hybridized carbons (Fsp3) is 1.00. The van der Waals surface area contributed by atoms with Crippen LogP contribution in [0.15, 0.2) is 0 Å². The Kier molecular flexibility index (Phi) is 4.96. The van der Waals surface area contributed by atoms with E-state index in [4.69, 9.17) is 22.8 Å². The molecule has 0 aromatic rings. The van der Waals surface area contributed by atoms with E-state index in [1.54, 1.807) is 4.67 Å². The highest BCUT2D eigenvalue weighted by molar-refractivity contribution is 7.88. The van der Waals surface area contributed by atoms with E-state index < -0.39 is 6.65 Å². The van der Waals surface area contributed by atoms with Crippen molar-refractivity contribution in [3.8, 4) is 0 Å². The summed E-state index contributed by atoms with van der Waals surface area (Å²) in [7, 11) is 0. The molecule has 0 aliphatic carbocycles. The van der Waals surface area contributed by atoms with Gasteiger partial charge in [-0.2, -0.15) is 0 Å². The zero-order chi connectivity index (χ0) is 8.20. The number of hydrogen-bond donors (Lipinski definition) is 0. The summed E-state index contributed by atoms with van der Waals surface area (Å²) in [5.74, 6) is 0. The molecule has 0 N–H and O–H groups in total. The van der Waals surface area contributed by atoms with Crippen LogP contribution >= 0.6 is 29.5 Å². The van der Waals surface area contributed by atoms with Crippen LogP contribution in [0, 0.1) is 0 Å². The summed E-state index contributed by atoms with van der Waals surface area (Å²) in [5.41, 5.74) is 0.0240. The molecule has 0 aromatic heterocycles. The van der Waals surface area contributed by atoms with Crippen LogP contribution in [-0.2, 0) is 4.57 Å². The molecule has 0 aliphatic rings. The summed E-state index contributed by atoms with van der Waals surface area (Å²) < 4.78 is 13.0. The van der Waals surface area contributed by atoms with Crippen molar-refractivity contribution < 1.29 is 4.57 Å². The number of nitrogens with zero attached hydrogens (tertiary/aromatic N) is 1. The lowest BCUT2D eigenvalue weighted by Gasteiger charge is -2.21. The minimum absolute atomic E-state index is 0.0240. The average molecular weight is 204 g/mol. The van der Waals surface area contributed by atoms with Gasteiger partial charge in [-0.15, -0.1) is 11.6 Å². The van der Waals surface area contributed by atoms with E-state index in [-0.39, 0.29) is 5.62 Å². The smallest absolute Gasteiger partial charge is 0.249 e. The molecule has 0 bridgehead atoms. The molecular weight excluding hydrogens is 192 g/mol. The maximum absolute atomic E-state index is 11.3. The van der Waals surface area contributed by atoms with Crippen molar-refractivity contribution >= 4 is 29.5 Å². The Morgan fingerprint density at radius 3 is 1.90 bits per heavy atom. The second kappa shape index (κ2) is 4.61. The highest BCUT2D eigenvalue weighted by Gasteiger charge is 2.23. The van der Waals surface area contributed by atoms with E-state index in [0.717, 1.165) is 0 Å². The molecule has 0 amide bonds. The van der Waals surface area contributed by atoms with E-state index in [9.17, 15) is 4.57 Å². The normalized spacial score (nSPS) is 17.3. The van der Waals surface area contributed by atoms with Gasteiger partial charge in [0.15, 0.2) is 0 Å². The Labute approximate surface area is 71.7 Å². The molecule has 0 aromatic carbocycles. The van der Waals surface area contributed by atoms with Gasteiger partial charge in [-0.1, -0.05) is 13.8 Å². The lowest BCUT2D eigenvalue weighted by molar-refractivity contribution is 0.458. The number of halogens is 2. The van der Waals surface area contributed by atoms with Crippen LogP contribution in [-0.4, -0.2) is 23.4 Å². The SMILES string of the molecule is CCN(CC)P(=O)(Cl)CCl. The topological polar surface area (TPSA) is 20.3 Å². The van der Waals surface area contributed by atoms with Crippen molar-refractivity contribution in [2.24, 2.45) is 0 Å². The predicted molar refractivity (Wildman–Crippen MR) is 47.1 cm³/mol. The van der Waals surface area contributed by atoms with Crippen LogP contribution in [0.4, 0.5) is 0 Å². The third-order valence-electron chi connectivity index (χ3n) is 1.30. The first-order chi connectivity index (χ1) is 4.58. The molecule has 0 spiro atoms. The lowest BCUT2D eigenvalue weighted by atomic mass is 10.7. The van der Waals surface area contributed by atoms with Gasteiger partial charge in [-0.05, 0) is 11.2 Å². The highest BCUT2D eigenvalue weighted by Crippen LogP contribution is 2.55. The molecule has 1 unspecified atom stereocenters. The largest absolute Gasteiger partial charge is 0.288 e. The van der Waals surface area contributed by atoms with Crippen LogP contribution < -0.4 is 0 Å². The highest BCUT2D eigenvalue weighted by atomic mass is 35.7. The van der Waals surface area contributed by atoms with Gasteiger partial charge >= 0.3 is 0 Å². The van der Waals surface area contributed by atoms with Gasteiger partial charge in [-0.25, -0.2) is 4.67 Å². The summed E-state index contributed by atoms with van der Waals surface area (Å²) in [6.45, 7) is 2.47. The van der Waals surface area contributed by atoms with Crippen molar-refractivity contribution in [3.05, 3.63) is 0 Å². The molecule has 0 rings (SSSR count). The van der Waals surface area contributed by atoms with Crippen LogP contribution in [0.2, 0.25) is 0 Å². The number of rotatable bonds is 4. The Morgan fingerprint density at radius 2 is 1.80 bits per heavy atom. The zero-order valence-corrected chi connectivity index (χ0v) is 8.59. The summed E-state index contributed by atoms with van der Waals surface area (Å²) in [6, 6.07) is 0. The fourth-order valence-electron chi connectivity index (χ4n) is 0.722. The van der Waals surface area contributed by atoms with Gasteiger partial charge in [0, 0.05) is 13.1 Å². The molecular formula is C5H12Cl2NOP. The lowest BCUT2D eigenvalue weighted by Crippen LogP contribution is -2.17. The Morgan fingerprint density at radius 1 is 1.40 bits per heavy atom. The van der Waals surface area contributed by atoms with Crippen molar-refractivity contribution in [2.75, 3.05) is 18.7 Å². The molecule has 0 saturated heterocycles. The Bertz CT molecular complexity index is 138. The quantitative estimate of drug-likeness (QED) is 0.518. The van der Waals surface area contributed by atoms with Crippen LogP contribution in [0.1, 0.15) is 13.8 Å². The van der Waals surface area contributed by atoms with E-state index in [1.807, 2.05) is 13.8 Å². The van der Waals surface area contributed by atoms with Gasteiger partial charge in [0.2, 0.25) is 6.65 Å². The maximum atomic E-state index is 11.3. The van der Waals surface area contributed by atoms with Crippen molar-refractivity contribution in [2.45, 2.75) is 13.8 Å². The monoisotopic (exact) mass is 203 g/mol. The third kappa shape index (κ3) is 2.79. The van der Waals surface area contributed by atoms with Crippen LogP contribution in [0.3, 0.4) is 0 Å². The molecule has 10 heavy (non-hydrogen) atoms. The maximum Gasteiger partial charge on any atom is 0.249 e. The fourth-order valence-corrected chi connectivity index (χ4v) is 2.81. The molecule has 0 aliphatic heterocycles. The van der Waals surface area contributed by atoms with Gasteiger partial charge < -0.3 is 0 Å². The zero-order valence-electron chi connectivity index (χ0n) is 6.18. The molecule has 1 atom stereocenters. The number of alkyl halides is 1. The molecule has 0 radical (unpaired) electrons. The van der Waals surface area contributed by atoms with Crippen molar-refractivity contribution in [1.29, 1.82) is 0 Å². The minimum Gasteiger partial charge on any atom is -0.288 e. The van der Waals surface area contributed by atoms with Gasteiger partial charge in [-0.3, -0.25) is 4.57 Å². The van der Waals surface area contributed by atoms with Crippen molar-refractivity contribution in [1.82, 2.24) is 4.67 Å². The van der Waals surface area contributed by atoms with Crippen LogP contribution in [0.5, 0.6) is 0 Å². The summed E-state index contributed by atoms with van der Waals surface area (Å²) in [5, 5.41) is 0. The van der Waals surface area contributed by atoms with Crippen molar-refractivity contribution in [3.63, 3.8) is 0 Å². The summed E-state index contributed by atoms with van der Waals surface area (Å²) in [6.07, 6.45) is 0. The molecule has 2 nitrogen and oxygen atoms in total. The Balaban J connectivity index is 4.12. The summed E-state index contributed by atoms with van der Waals surface area (Å²) in [4.78, 5) is 0. The molecule has 0 fully saturated rings.